The molecule has 0 N–H and O–H groups in total. The summed E-state index contributed by atoms with van der Waals surface area (Å²) in [5.41, 5.74) is 5.82. The lowest BCUT2D eigenvalue weighted by molar-refractivity contribution is 0.122. The minimum Gasteiger partial charge on any atom is -0.378 e. The molecule has 1 aromatic carbocycles. The molecule has 0 aliphatic carbocycles. The maximum Gasteiger partial charge on any atom is 0.188 e. The number of anilines is 1. The number of benzene rings is 1. The van der Waals surface area contributed by atoms with Gasteiger partial charge in [0.1, 0.15) is 0 Å². The first-order valence-corrected chi connectivity index (χ1v) is 9.27. The molecule has 0 unspecified atom stereocenters. The van der Waals surface area contributed by atoms with Gasteiger partial charge in [0.2, 0.25) is 0 Å². The summed E-state index contributed by atoms with van der Waals surface area (Å²) in [6, 6.07) is 10.6. The smallest absolute Gasteiger partial charge is 0.188 e. The predicted octanol–water partition coefficient (Wildman–Crippen LogP) is 4.07. The summed E-state index contributed by atoms with van der Waals surface area (Å²) in [7, 11) is 0. The Morgan fingerprint density at radius 2 is 1.88 bits per heavy atom. The van der Waals surface area contributed by atoms with E-state index in [-0.39, 0.29) is 0 Å². The number of hydrogen-bond acceptors (Lipinski definition) is 5. The zero-order chi connectivity index (χ0) is 16.5. The highest BCUT2D eigenvalue weighted by molar-refractivity contribution is 7.22. The van der Waals surface area contributed by atoms with Gasteiger partial charge in [0, 0.05) is 24.3 Å². The third kappa shape index (κ3) is 2.68. The molecule has 3 heterocycles. The molecule has 0 spiro atoms. The molecule has 0 atom stereocenters. The Morgan fingerprint density at radius 3 is 2.58 bits per heavy atom. The molecular weight excluding hydrogens is 318 g/mol. The average molecular weight is 339 g/mol. The Morgan fingerprint density at radius 1 is 1.12 bits per heavy atom. The van der Waals surface area contributed by atoms with E-state index >= 15 is 0 Å². The van der Waals surface area contributed by atoms with E-state index in [9.17, 15) is 0 Å². The normalized spacial score (nSPS) is 15.2. The standard InChI is InChI=1S/C19H21N3OS/c1-3-15-13(2)16(14-7-5-4-6-8-14)17-18(20-15)21-19(24-17)22-9-11-23-12-10-22/h4-8H,3,9-12H2,1-2H3. The number of ether oxygens (including phenoxy) is 1. The van der Waals surface area contributed by atoms with Crippen molar-refractivity contribution in [1.29, 1.82) is 0 Å². The Bertz CT molecular complexity index is 854. The van der Waals surface area contributed by atoms with E-state index in [2.05, 4.69) is 49.1 Å². The van der Waals surface area contributed by atoms with E-state index in [0.717, 1.165) is 49.2 Å². The third-order valence-electron chi connectivity index (χ3n) is 4.55. The highest BCUT2D eigenvalue weighted by Gasteiger charge is 2.20. The largest absolute Gasteiger partial charge is 0.378 e. The van der Waals surface area contributed by atoms with Gasteiger partial charge < -0.3 is 9.64 Å². The molecule has 4 rings (SSSR count). The molecule has 5 heteroatoms. The van der Waals surface area contributed by atoms with Crippen molar-refractivity contribution in [3.05, 3.63) is 41.6 Å². The molecule has 1 aliphatic heterocycles. The number of fused-ring (bicyclic) bond motifs is 1. The number of thiazole rings is 1. The molecule has 24 heavy (non-hydrogen) atoms. The number of hydrogen-bond donors (Lipinski definition) is 0. The van der Waals surface area contributed by atoms with E-state index in [1.807, 2.05) is 0 Å². The van der Waals surface area contributed by atoms with Gasteiger partial charge in [0.15, 0.2) is 10.8 Å². The van der Waals surface area contributed by atoms with Crippen LogP contribution in [0.2, 0.25) is 0 Å². The third-order valence-corrected chi connectivity index (χ3v) is 5.68. The second kappa shape index (κ2) is 6.49. The Kier molecular flexibility index (Phi) is 4.21. The molecular formula is C19H21N3OS. The molecule has 1 fully saturated rings. The fourth-order valence-corrected chi connectivity index (χ4v) is 4.43. The van der Waals surface area contributed by atoms with E-state index in [1.54, 1.807) is 11.3 Å². The second-order valence-corrected chi connectivity index (χ2v) is 7.00. The molecule has 1 aliphatic rings. The van der Waals surface area contributed by atoms with Crippen LogP contribution in [0.4, 0.5) is 5.13 Å². The summed E-state index contributed by atoms with van der Waals surface area (Å²) in [5.74, 6) is 0. The fraction of sp³-hybridized carbons (Fsp3) is 0.368. The van der Waals surface area contributed by atoms with Gasteiger partial charge in [-0.15, -0.1) is 0 Å². The zero-order valence-corrected chi connectivity index (χ0v) is 14.9. The van der Waals surface area contributed by atoms with Gasteiger partial charge in [-0.05, 0) is 24.5 Å². The molecule has 0 saturated carbocycles. The Labute approximate surface area is 146 Å². The quantitative estimate of drug-likeness (QED) is 0.721. The maximum absolute atomic E-state index is 5.46. The van der Waals surface area contributed by atoms with Crippen LogP contribution in [-0.4, -0.2) is 36.3 Å². The summed E-state index contributed by atoms with van der Waals surface area (Å²) < 4.78 is 6.66. The van der Waals surface area contributed by atoms with Gasteiger partial charge in [-0.25, -0.2) is 4.98 Å². The van der Waals surface area contributed by atoms with Crippen LogP contribution in [0.5, 0.6) is 0 Å². The van der Waals surface area contributed by atoms with Gasteiger partial charge in [0.05, 0.1) is 17.9 Å². The second-order valence-electron chi connectivity index (χ2n) is 6.03. The maximum atomic E-state index is 5.46. The Hall–Kier alpha value is -1.98. The van der Waals surface area contributed by atoms with Crippen LogP contribution in [-0.2, 0) is 11.2 Å². The van der Waals surface area contributed by atoms with Gasteiger partial charge in [-0.3, -0.25) is 0 Å². The lowest BCUT2D eigenvalue weighted by Crippen LogP contribution is -2.36. The topological polar surface area (TPSA) is 38.2 Å². The van der Waals surface area contributed by atoms with Crippen LogP contribution in [0.1, 0.15) is 18.2 Å². The Balaban J connectivity index is 1.91. The van der Waals surface area contributed by atoms with E-state index in [0.29, 0.717) is 0 Å². The van der Waals surface area contributed by atoms with Crippen LogP contribution < -0.4 is 4.90 Å². The van der Waals surface area contributed by atoms with Crippen LogP contribution in [0.25, 0.3) is 21.5 Å². The van der Waals surface area contributed by atoms with Crippen molar-refractivity contribution < 1.29 is 4.74 Å². The van der Waals surface area contributed by atoms with Crippen molar-refractivity contribution in [3.63, 3.8) is 0 Å². The van der Waals surface area contributed by atoms with E-state index < -0.39 is 0 Å². The molecule has 4 nitrogen and oxygen atoms in total. The molecule has 1 saturated heterocycles. The molecule has 0 bridgehead atoms. The highest BCUT2D eigenvalue weighted by Crippen LogP contribution is 2.38. The van der Waals surface area contributed by atoms with Crippen LogP contribution in [0.3, 0.4) is 0 Å². The van der Waals surface area contributed by atoms with Crippen LogP contribution in [0, 0.1) is 6.92 Å². The number of aryl methyl sites for hydroxylation is 1. The van der Waals surface area contributed by atoms with Crippen molar-refractivity contribution in [2.75, 3.05) is 31.2 Å². The van der Waals surface area contributed by atoms with Gasteiger partial charge in [0.25, 0.3) is 0 Å². The number of pyridine rings is 1. The molecule has 0 amide bonds. The first-order chi connectivity index (χ1) is 11.8. The van der Waals surface area contributed by atoms with Gasteiger partial charge >= 0.3 is 0 Å². The van der Waals surface area contributed by atoms with Crippen molar-refractivity contribution in [2.24, 2.45) is 0 Å². The molecule has 3 aromatic rings. The molecule has 2 aromatic heterocycles. The average Bonchev–Trinajstić information content (AvgIpc) is 3.06. The monoisotopic (exact) mass is 339 g/mol. The van der Waals surface area contributed by atoms with Crippen molar-refractivity contribution in [1.82, 2.24) is 9.97 Å². The number of rotatable bonds is 3. The van der Waals surface area contributed by atoms with E-state index in [4.69, 9.17) is 14.7 Å². The van der Waals surface area contributed by atoms with Crippen molar-refractivity contribution in [2.45, 2.75) is 20.3 Å². The fourth-order valence-electron chi connectivity index (χ4n) is 3.25. The summed E-state index contributed by atoms with van der Waals surface area (Å²) in [6.07, 6.45) is 0.923. The van der Waals surface area contributed by atoms with Crippen LogP contribution in [0.15, 0.2) is 30.3 Å². The van der Waals surface area contributed by atoms with Crippen molar-refractivity contribution >= 4 is 26.8 Å². The summed E-state index contributed by atoms with van der Waals surface area (Å²) in [6.45, 7) is 7.69. The predicted molar refractivity (Wildman–Crippen MR) is 100.0 cm³/mol. The SMILES string of the molecule is CCc1nc2nc(N3CCOCC3)sc2c(-c2ccccc2)c1C. The lowest BCUT2D eigenvalue weighted by atomic mass is 9.99. The van der Waals surface area contributed by atoms with E-state index in [1.165, 1.54) is 21.4 Å². The van der Waals surface area contributed by atoms with Crippen LogP contribution >= 0.6 is 11.3 Å². The van der Waals surface area contributed by atoms with Gasteiger partial charge in [-0.2, -0.15) is 4.98 Å². The first-order valence-electron chi connectivity index (χ1n) is 8.46. The number of morpholine rings is 1. The zero-order valence-electron chi connectivity index (χ0n) is 14.1. The minimum absolute atomic E-state index is 0.772. The summed E-state index contributed by atoms with van der Waals surface area (Å²) in [4.78, 5) is 12.0. The lowest BCUT2D eigenvalue weighted by Gasteiger charge is -2.25. The summed E-state index contributed by atoms with van der Waals surface area (Å²) >= 11 is 1.76. The highest BCUT2D eigenvalue weighted by atomic mass is 32.1. The molecule has 124 valence electrons. The van der Waals surface area contributed by atoms with Crippen molar-refractivity contribution in [3.8, 4) is 11.1 Å². The molecule has 0 radical (unpaired) electrons. The number of aromatic nitrogens is 2. The first kappa shape index (κ1) is 15.5. The summed E-state index contributed by atoms with van der Waals surface area (Å²) in [5, 5.41) is 1.06. The minimum atomic E-state index is 0.772. The van der Waals surface area contributed by atoms with Gasteiger partial charge in [-0.1, -0.05) is 48.6 Å². The number of nitrogens with zero attached hydrogens (tertiary/aromatic N) is 3.